The molecular formula is C22H20N2O2. The zero-order valence-corrected chi connectivity index (χ0v) is 14.3. The van der Waals surface area contributed by atoms with Crippen LogP contribution in [0.3, 0.4) is 0 Å². The summed E-state index contributed by atoms with van der Waals surface area (Å²) < 4.78 is 7.88. The summed E-state index contributed by atoms with van der Waals surface area (Å²) >= 11 is 0. The van der Waals surface area contributed by atoms with Gasteiger partial charge in [0.15, 0.2) is 0 Å². The molecule has 0 amide bonds. The molecule has 0 spiro atoms. The highest BCUT2D eigenvalue weighted by molar-refractivity contribution is 5.76. The van der Waals surface area contributed by atoms with E-state index in [1.165, 1.54) is 0 Å². The molecule has 0 aliphatic heterocycles. The molecule has 26 heavy (non-hydrogen) atoms. The summed E-state index contributed by atoms with van der Waals surface area (Å²) in [6.45, 7) is 1.10. The molecule has 1 atom stereocenters. The number of aliphatic hydroxyl groups is 1. The number of hydrogen-bond acceptors (Lipinski definition) is 3. The summed E-state index contributed by atoms with van der Waals surface area (Å²) in [4.78, 5) is 4.67. The highest BCUT2D eigenvalue weighted by Crippen LogP contribution is 2.25. The van der Waals surface area contributed by atoms with E-state index < -0.39 is 6.10 Å². The summed E-state index contributed by atoms with van der Waals surface area (Å²) in [6, 6.07) is 27.3. The number of benzene rings is 3. The fourth-order valence-corrected chi connectivity index (χ4v) is 3.09. The molecule has 1 unspecified atom stereocenters. The third kappa shape index (κ3) is 3.32. The fraction of sp³-hybridized carbons (Fsp3) is 0.136. The highest BCUT2D eigenvalue weighted by Gasteiger charge is 2.19. The van der Waals surface area contributed by atoms with Gasteiger partial charge in [-0.05, 0) is 29.8 Å². The topological polar surface area (TPSA) is 47.3 Å². The van der Waals surface area contributed by atoms with Gasteiger partial charge in [-0.2, -0.15) is 0 Å². The first-order valence-corrected chi connectivity index (χ1v) is 8.69. The summed E-state index contributed by atoms with van der Waals surface area (Å²) in [5.74, 6) is 1.47. The van der Waals surface area contributed by atoms with Crippen molar-refractivity contribution in [1.29, 1.82) is 0 Å². The smallest absolute Gasteiger partial charge is 0.143 e. The van der Waals surface area contributed by atoms with Crippen LogP contribution in [0.25, 0.3) is 11.0 Å². The first kappa shape index (κ1) is 16.4. The molecule has 4 aromatic rings. The molecule has 3 aromatic carbocycles. The van der Waals surface area contributed by atoms with E-state index in [1.807, 2.05) is 89.5 Å². The Morgan fingerprint density at radius 1 is 0.846 bits per heavy atom. The number of aliphatic hydroxyl groups excluding tert-OH is 1. The van der Waals surface area contributed by atoms with Gasteiger partial charge in [0.2, 0.25) is 0 Å². The van der Waals surface area contributed by atoms with Crippen LogP contribution < -0.4 is 4.74 Å². The lowest BCUT2D eigenvalue weighted by Gasteiger charge is -2.15. The molecule has 0 bridgehead atoms. The fourth-order valence-electron chi connectivity index (χ4n) is 3.09. The SMILES string of the molecule is OC(c1ccccc1)c1nc2ccccc2n1CCOc1ccccc1. The Bertz CT molecular complexity index is 981. The standard InChI is InChI=1S/C22H20N2O2/c25-21(17-9-3-1-4-10-17)22-23-19-13-7-8-14-20(19)24(22)15-16-26-18-11-5-2-6-12-18/h1-14,21,25H,15-16H2. The number of fused-ring (bicyclic) bond motifs is 1. The van der Waals surface area contributed by atoms with Crippen LogP contribution in [0.5, 0.6) is 5.75 Å². The van der Waals surface area contributed by atoms with Crippen molar-refractivity contribution in [3.05, 3.63) is 96.3 Å². The number of para-hydroxylation sites is 3. The first-order chi connectivity index (χ1) is 12.8. The lowest BCUT2D eigenvalue weighted by atomic mass is 10.1. The van der Waals surface area contributed by atoms with Crippen LogP contribution in [-0.2, 0) is 6.54 Å². The minimum absolute atomic E-state index is 0.499. The maximum absolute atomic E-state index is 10.9. The van der Waals surface area contributed by atoms with Crippen LogP contribution >= 0.6 is 0 Å². The molecule has 1 aromatic heterocycles. The van der Waals surface area contributed by atoms with Crippen molar-refractivity contribution in [3.63, 3.8) is 0 Å². The molecule has 1 heterocycles. The average molecular weight is 344 g/mol. The number of aromatic nitrogens is 2. The summed E-state index contributed by atoms with van der Waals surface area (Å²) in [6.07, 6.45) is -0.777. The lowest BCUT2D eigenvalue weighted by Crippen LogP contribution is -2.14. The van der Waals surface area contributed by atoms with Gasteiger partial charge in [-0.15, -0.1) is 0 Å². The predicted molar refractivity (Wildman–Crippen MR) is 102 cm³/mol. The van der Waals surface area contributed by atoms with Gasteiger partial charge in [-0.3, -0.25) is 0 Å². The second kappa shape index (κ2) is 7.42. The average Bonchev–Trinajstić information content (AvgIpc) is 3.08. The third-order valence-electron chi connectivity index (χ3n) is 4.37. The van der Waals surface area contributed by atoms with Gasteiger partial charge in [-0.25, -0.2) is 4.98 Å². The number of ether oxygens (including phenoxy) is 1. The minimum Gasteiger partial charge on any atom is -0.492 e. The van der Waals surface area contributed by atoms with Crippen molar-refractivity contribution >= 4 is 11.0 Å². The molecule has 4 heteroatoms. The minimum atomic E-state index is -0.777. The van der Waals surface area contributed by atoms with Gasteiger partial charge in [0.1, 0.15) is 24.3 Å². The van der Waals surface area contributed by atoms with E-state index in [-0.39, 0.29) is 0 Å². The van der Waals surface area contributed by atoms with E-state index >= 15 is 0 Å². The number of hydrogen-bond donors (Lipinski definition) is 1. The van der Waals surface area contributed by atoms with Gasteiger partial charge in [0, 0.05) is 0 Å². The van der Waals surface area contributed by atoms with E-state index in [0.717, 1.165) is 22.3 Å². The van der Waals surface area contributed by atoms with Crippen LogP contribution in [0, 0.1) is 0 Å². The molecule has 0 saturated carbocycles. The zero-order valence-electron chi connectivity index (χ0n) is 14.3. The molecule has 4 nitrogen and oxygen atoms in total. The van der Waals surface area contributed by atoms with Crippen LogP contribution in [0.1, 0.15) is 17.5 Å². The number of imidazole rings is 1. The molecule has 0 aliphatic rings. The Balaban J connectivity index is 1.63. The third-order valence-corrected chi connectivity index (χ3v) is 4.37. The lowest BCUT2D eigenvalue weighted by molar-refractivity contribution is 0.201. The Kier molecular flexibility index (Phi) is 4.67. The quantitative estimate of drug-likeness (QED) is 0.570. The molecule has 0 aliphatic carbocycles. The van der Waals surface area contributed by atoms with E-state index in [4.69, 9.17) is 4.74 Å². The second-order valence-corrected chi connectivity index (χ2v) is 6.09. The molecule has 0 saturated heterocycles. The van der Waals surface area contributed by atoms with Gasteiger partial charge >= 0.3 is 0 Å². The zero-order chi connectivity index (χ0) is 17.8. The van der Waals surface area contributed by atoms with Crippen molar-refractivity contribution in [1.82, 2.24) is 9.55 Å². The van der Waals surface area contributed by atoms with Crippen molar-refractivity contribution in [3.8, 4) is 5.75 Å². The largest absolute Gasteiger partial charge is 0.492 e. The van der Waals surface area contributed by atoms with Crippen LogP contribution in [0.15, 0.2) is 84.9 Å². The van der Waals surface area contributed by atoms with Gasteiger partial charge in [-0.1, -0.05) is 60.7 Å². The van der Waals surface area contributed by atoms with E-state index in [9.17, 15) is 5.11 Å². The Morgan fingerprint density at radius 2 is 1.50 bits per heavy atom. The van der Waals surface area contributed by atoms with Crippen molar-refractivity contribution in [2.75, 3.05) is 6.61 Å². The Labute approximate surface area is 152 Å². The van der Waals surface area contributed by atoms with Crippen LogP contribution in [0.2, 0.25) is 0 Å². The summed E-state index contributed by atoms with van der Waals surface area (Å²) in [5, 5.41) is 10.9. The molecule has 0 fully saturated rings. The first-order valence-electron chi connectivity index (χ1n) is 8.69. The molecule has 4 rings (SSSR count). The number of nitrogens with zero attached hydrogens (tertiary/aromatic N) is 2. The molecule has 130 valence electrons. The highest BCUT2D eigenvalue weighted by atomic mass is 16.5. The molecular weight excluding hydrogens is 324 g/mol. The Hall–Kier alpha value is -3.11. The van der Waals surface area contributed by atoms with Crippen LogP contribution in [-0.4, -0.2) is 21.3 Å². The van der Waals surface area contributed by atoms with Crippen molar-refractivity contribution in [2.45, 2.75) is 12.6 Å². The maximum Gasteiger partial charge on any atom is 0.143 e. The van der Waals surface area contributed by atoms with Gasteiger partial charge in [0.05, 0.1) is 17.6 Å². The molecule has 0 radical (unpaired) electrons. The normalized spacial score (nSPS) is 12.2. The van der Waals surface area contributed by atoms with E-state index in [0.29, 0.717) is 19.0 Å². The van der Waals surface area contributed by atoms with Crippen molar-refractivity contribution < 1.29 is 9.84 Å². The second-order valence-electron chi connectivity index (χ2n) is 6.09. The van der Waals surface area contributed by atoms with Crippen molar-refractivity contribution in [2.24, 2.45) is 0 Å². The van der Waals surface area contributed by atoms with Crippen LogP contribution in [0.4, 0.5) is 0 Å². The summed E-state index contributed by atoms with van der Waals surface area (Å²) in [7, 11) is 0. The van der Waals surface area contributed by atoms with Gasteiger partial charge < -0.3 is 14.4 Å². The maximum atomic E-state index is 10.9. The van der Waals surface area contributed by atoms with E-state index in [1.54, 1.807) is 0 Å². The summed E-state index contributed by atoms with van der Waals surface area (Å²) in [5.41, 5.74) is 2.69. The predicted octanol–water partition coefficient (Wildman–Crippen LogP) is 4.20. The van der Waals surface area contributed by atoms with E-state index in [2.05, 4.69) is 4.98 Å². The van der Waals surface area contributed by atoms with Gasteiger partial charge in [0.25, 0.3) is 0 Å². The monoisotopic (exact) mass is 344 g/mol. The Morgan fingerprint density at radius 3 is 2.27 bits per heavy atom. The number of rotatable bonds is 6. The molecule has 1 N–H and O–H groups in total.